The van der Waals surface area contributed by atoms with Gasteiger partial charge in [0.1, 0.15) is 0 Å². The first-order valence-corrected chi connectivity index (χ1v) is 7.61. The van der Waals surface area contributed by atoms with Crippen LogP contribution in [0, 0.1) is 6.92 Å². The SMILES string of the molecule is Cc1ccc(NC(=O)C(C)Sc2ccccc2Cl)cc1. The van der Waals surface area contributed by atoms with E-state index in [0.29, 0.717) is 5.02 Å². The van der Waals surface area contributed by atoms with Crippen LogP contribution < -0.4 is 5.32 Å². The van der Waals surface area contributed by atoms with Gasteiger partial charge in [0.25, 0.3) is 0 Å². The summed E-state index contributed by atoms with van der Waals surface area (Å²) in [6.07, 6.45) is 0. The minimum absolute atomic E-state index is 0.0289. The van der Waals surface area contributed by atoms with Crippen LogP contribution in [0.2, 0.25) is 5.02 Å². The molecule has 0 fully saturated rings. The van der Waals surface area contributed by atoms with Gasteiger partial charge in [-0.1, -0.05) is 41.4 Å². The van der Waals surface area contributed by atoms with Gasteiger partial charge < -0.3 is 5.32 Å². The zero-order valence-corrected chi connectivity index (χ0v) is 13.0. The molecular formula is C16H16ClNOS. The van der Waals surface area contributed by atoms with E-state index in [2.05, 4.69) is 5.32 Å². The largest absolute Gasteiger partial charge is 0.325 e. The van der Waals surface area contributed by atoms with Crippen molar-refractivity contribution in [2.24, 2.45) is 0 Å². The van der Waals surface area contributed by atoms with Gasteiger partial charge in [-0.2, -0.15) is 0 Å². The fourth-order valence-electron chi connectivity index (χ4n) is 1.67. The number of hydrogen-bond donors (Lipinski definition) is 1. The van der Waals surface area contributed by atoms with E-state index in [1.54, 1.807) is 0 Å². The second-order valence-electron chi connectivity index (χ2n) is 4.55. The molecule has 0 saturated heterocycles. The van der Waals surface area contributed by atoms with E-state index in [9.17, 15) is 4.79 Å². The number of amides is 1. The third kappa shape index (κ3) is 4.02. The molecule has 0 bridgehead atoms. The Morgan fingerprint density at radius 3 is 2.45 bits per heavy atom. The molecule has 1 N–H and O–H groups in total. The second kappa shape index (κ2) is 6.82. The van der Waals surface area contributed by atoms with Crippen LogP contribution in [-0.2, 0) is 4.79 Å². The molecule has 0 spiro atoms. The van der Waals surface area contributed by atoms with Crippen molar-refractivity contribution in [2.75, 3.05) is 5.32 Å². The molecule has 4 heteroatoms. The fourth-order valence-corrected chi connectivity index (χ4v) is 2.82. The summed E-state index contributed by atoms with van der Waals surface area (Å²) in [5.41, 5.74) is 1.98. The summed E-state index contributed by atoms with van der Waals surface area (Å²) in [6, 6.07) is 15.3. The minimum Gasteiger partial charge on any atom is -0.325 e. The highest BCUT2D eigenvalue weighted by Crippen LogP contribution is 2.30. The van der Waals surface area contributed by atoms with Gasteiger partial charge in [-0.15, -0.1) is 11.8 Å². The van der Waals surface area contributed by atoms with Crippen LogP contribution in [0.3, 0.4) is 0 Å². The Hall–Kier alpha value is -1.45. The molecule has 0 radical (unpaired) electrons. The van der Waals surface area contributed by atoms with Gasteiger partial charge in [0.15, 0.2) is 0 Å². The molecule has 0 aromatic heterocycles. The Morgan fingerprint density at radius 1 is 1.15 bits per heavy atom. The molecule has 1 atom stereocenters. The van der Waals surface area contributed by atoms with Gasteiger partial charge in [-0.3, -0.25) is 4.79 Å². The number of thioether (sulfide) groups is 1. The van der Waals surface area contributed by atoms with Gasteiger partial charge in [0.05, 0.1) is 10.3 Å². The van der Waals surface area contributed by atoms with Gasteiger partial charge >= 0.3 is 0 Å². The van der Waals surface area contributed by atoms with Gasteiger partial charge in [0.2, 0.25) is 5.91 Å². The summed E-state index contributed by atoms with van der Waals surface area (Å²) < 4.78 is 0. The average molecular weight is 306 g/mol. The summed E-state index contributed by atoms with van der Waals surface area (Å²) in [6.45, 7) is 3.89. The molecular weight excluding hydrogens is 290 g/mol. The molecule has 0 aliphatic heterocycles. The molecule has 0 saturated carbocycles. The smallest absolute Gasteiger partial charge is 0.237 e. The topological polar surface area (TPSA) is 29.1 Å². The lowest BCUT2D eigenvalue weighted by Crippen LogP contribution is -2.22. The van der Waals surface area contributed by atoms with Crippen LogP contribution in [0.1, 0.15) is 12.5 Å². The quantitative estimate of drug-likeness (QED) is 0.825. The van der Waals surface area contributed by atoms with Crippen molar-refractivity contribution in [2.45, 2.75) is 24.0 Å². The molecule has 20 heavy (non-hydrogen) atoms. The summed E-state index contributed by atoms with van der Waals surface area (Å²) in [4.78, 5) is 13.1. The van der Waals surface area contributed by atoms with E-state index in [-0.39, 0.29) is 11.2 Å². The molecule has 2 nitrogen and oxygen atoms in total. The van der Waals surface area contributed by atoms with E-state index in [1.165, 1.54) is 17.3 Å². The van der Waals surface area contributed by atoms with Crippen molar-refractivity contribution in [3.63, 3.8) is 0 Å². The summed E-state index contributed by atoms with van der Waals surface area (Å²) in [5, 5.41) is 3.37. The third-order valence-electron chi connectivity index (χ3n) is 2.83. The van der Waals surface area contributed by atoms with Crippen molar-refractivity contribution in [3.8, 4) is 0 Å². The summed E-state index contributed by atoms with van der Waals surface area (Å²) in [7, 11) is 0. The Labute approximate surface area is 128 Å². The first-order chi connectivity index (χ1) is 9.56. The number of carbonyl (C=O) groups excluding carboxylic acids is 1. The lowest BCUT2D eigenvalue weighted by Gasteiger charge is -2.13. The average Bonchev–Trinajstić information content (AvgIpc) is 2.44. The molecule has 2 aromatic rings. The zero-order valence-electron chi connectivity index (χ0n) is 11.4. The highest BCUT2D eigenvalue weighted by molar-refractivity contribution is 8.00. The van der Waals surface area contributed by atoms with Gasteiger partial charge in [-0.25, -0.2) is 0 Å². The normalized spacial score (nSPS) is 11.9. The minimum atomic E-state index is -0.212. The lowest BCUT2D eigenvalue weighted by molar-refractivity contribution is -0.115. The molecule has 0 aliphatic rings. The molecule has 1 amide bonds. The van der Waals surface area contributed by atoms with Crippen molar-refractivity contribution in [1.29, 1.82) is 0 Å². The Kier molecular flexibility index (Phi) is 5.10. The van der Waals surface area contributed by atoms with Crippen molar-refractivity contribution < 1.29 is 4.79 Å². The maximum atomic E-state index is 12.1. The van der Waals surface area contributed by atoms with Crippen molar-refractivity contribution >= 4 is 35.0 Å². The third-order valence-corrected chi connectivity index (χ3v) is 4.45. The van der Waals surface area contributed by atoms with E-state index in [0.717, 1.165) is 10.6 Å². The number of halogens is 1. The van der Waals surface area contributed by atoms with E-state index < -0.39 is 0 Å². The zero-order chi connectivity index (χ0) is 14.5. The summed E-state index contributed by atoms with van der Waals surface area (Å²) >= 11 is 7.55. The van der Waals surface area contributed by atoms with E-state index >= 15 is 0 Å². The fraction of sp³-hybridized carbons (Fsp3) is 0.188. The Morgan fingerprint density at radius 2 is 1.80 bits per heavy atom. The molecule has 104 valence electrons. The molecule has 0 aliphatic carbocycles. The number of anilines is 1. The van der Waals surface area contributed by atoms with Crippen LogP contribution in [0.4, 0.5) is 5.69 Å². The van der Waals surface area contributed by atoms with Gasteiger partial charge in [0, 0.05) is 10.6 Å². The van der Waals surface area contributed by atoms with Crippen LogP contribution >= 0.6 is 23.4 Å². The molecule has 0 heterocycles. The summed E-state index contributed by atoms with van der Waals surface area (Å²) in [5.74, 6) is -0.0289. The Balaban J connectivity index is 1.99. The standard InChI is InChI=1S/C16H16ClNOS/c1-11-7-9-13(10-8-11)18-16(19)12(2)20-15-6-4-3-5-14(15)17/h3-10,12H,1-2H3,(H,18,19). The van der Waals surface area contributed by atoms with Crippen LogP contribution in [0.25, 0.3) is 0 Å². The van der Waals surface area contributed by atoms with E-state index in [1.807, 2.05) is 62.4 Å². The van der Waals surface area contributed by atoms with Crippen LogP contribution in [-0.4, -0.2) is 11.2 Å². The predicted octanol–water partition coefficient (Wildman–Crippen LogP) is 4.77. The van der Waals surface area contributed by atoms with Crippen molar-refractivity contribution in [3.05, 3.63) is 59.1 Å². The van der Waals surface area contributed by atoms with Crippen LogP contribution in [0.5, 0.6) is 0 Å². The number of hydrogen-bond acceptors (Lipinski definition) is 2. The lowest BCUT2D eigenvalue weighted by atomic mass is 10.2. The Bertz CT molecular complexity index is 598. The van der Waals surface area contributed by atoms with Gasteiger partial charge in [-0.05, 0) is 38.1 Å². The first kappa shape index (κ1) is 14.9. The number of nitrogens with one attached hydrogen (secondary N) is 1. The number of benzene rings is 2. The highest BCUT2D eigenvalue weighted by atomic mass is 35.5. The monoisotopic (exact) mass is 305 g/mol. The first-order valence-electron chi connectivity index (χ1n) is 6.35. The second-order valence-corrected chi connectivity index (χ2v) is 6.34. The maximum Gasteiger partial charge on any atom is 0.237 e. The number of carbonyl (C=O) groups is 1. The maximum absolute atomic E-state index is 12.1. The molecule has 2 rings (SSSR count). The van der Waals surface area contributed by atoms with Crippen LogP contribution in [0.15, 0.2) is 53.4 Å². The number of rotatable bonds is 4. The highest BCUT2D eigenvalue weighted by Gasteiger charge is 2.15. The van der Waals surface area contributed by atoms with Crippen molar-refractivity contribution in [1.82, 2.24) is 0 Å². The molecule has 2 aromatic carbocycles. The predicted molar refractivity (Wildman–Crippen MR) is 86.6 cm³/mol. The number of aryl methyl sites for hydroxylation is 1. The molecule has 1 unspecified atom stereocenters. The van der Waals surface area contributed by atoms with E-state index in [4.69, 9.17) is 11.6 Å².